The molecule has 0 fully saturated rings. The van der Waals surface area contributed by atoms with Crippen molar-refractivity contribution in [2.24, 2.45) is 0 Å². The van der Waals surface area contributed by atoms with Crippen LogP contribution in [0.3, 0.4) is 0 Å². The number of hydrogen-bond donors (Lipinski definition) is 0. The summed E-state index contributed by atoms with van der Waals surface area (Å²) in [6.07, 6.45) is 0. The lowest BCUT2D eigenvalue weighted by Crippen LogP contribution is -2.02. The molecule has 0 saturated carbocycles. The zero-order valence-corrected chi connectivity index (χ0v) is 14.0. The first-order valence-electron chi connectivity index (χ1n) is 6.29. The smallest absolute Gasteiger partial charge is 0.380 e. The second-order valence-corrected chi connectivity index (χ2v) is 7.29. The van der Waals surface area contributed by atoms with Crippen molar-refractivity contribution in [3.63, 3.8) is 0 Å². The molecule has 0 aliphatic heterocycles. The molecular weight excluding hydrogens is 335 g/mol. The lowest BCUT2D eigenvalue weighted by Gasteiger charge is -2.21. The van der Waals surface area contributed by atoms with Crippen molar-refractivity contribution in [2.75, 3.05) is 13.2 Å². The minimum absolute atomic E-state index is 0.267. The van der Waals surface area contributed by atoms with Crippen LogP contribution in [0.15, 0.2) is 33.5 Å². The summed E-state index contributed by atoms with van der Waals surface area (Å²) in [5, 5.41) is 1.03. The average Bonchev–Trinajstić information content (AvgIpc) is 2.40. The monoisotopic (exact) mass is 348 g/mol. The molecule has 21 heavy (non-hydrogen) atoms. The number of fused-ring (bicyclic) bond motifs is 1. The van der Waals surface area contributed by atoms with Crippen molar-refractivity contribution >= 4 is 41.1 Å². The van der Waals surface area contributed by atoms with Crippen LogP contribution in [0.25, 0.3) is 11.0 Å². The largest absolute Gasteiger partial charge is 0.423 e. The van der Waals surface area contributed by atoms with Gasteiger partial charge in [-0.1, -0.05) is 11.6 Å². The zero-order valence-electron chi connectivity index (χ0n) is 11.5. The SMILES string of the molecule is CCOP(=S)(OCC)Oc1cc2oc(=O)ccc2cc1Cl. The zero-order chi connectivity index (χ0) is 15.5. The Morgan fingerprint density at radius 3 is 2.52 bits per heavy atom. The Hall–Kier alpha value is -0.910. The van der Waals surface area contributed by atoms with Crippen LogP contribution in [0.4, 0.5) is 0 Å². The van der Waals surface area contributed by atoms with Gasteiger partial charge in [0.1, 0.15) is 5.58 Å². The highest BCUT2D eigenvalue weighted by molar-refractivity contribution is 8.07. The molecule has 5 nitrogen and oxygen atoms in total. The molecule has 8 heteroatoms. The molecule has 0 aliphatic rings. The predicted octanol–water partition coefficient (Wildman–Crippen LogP) is 4.12. The van der Waals surface area contributed by atoms with Crippen LogP contribution in [-0.4, -0.2) is 13.2 Å². The van der Waals surface area contributed by atoms with Gasteiger partial charge in [-0.15, -0.1) is 0 Å². The van der Waals surface area contributed by atoms with Crippen molar-refractivity contribution in [2.45, 2.75) is 13.8 Å². The van der Waals surface area contributed by atoms with Crippen LogP contribution < -0.4 is 10.1 Å². The van der Waals surface area contributed by atoms with Gasteiger partial charge in [-0.05, 0) is 26.0 Å². The maximum atomic E-state index is 11.3. The van der Waals surface area contributed by atoms with E-state index in [-0.39, 0.29) is 5.75 Å². The molecule has 0 bridgehead atoms. The Labute approximate surface area is 132 Å². The van der Waals surface area contributed by atoms with Crippen molar-refractivity contribution in [3.05, 3.63) is 39.7 Å². The van der Waals surface area contributed by atoms with Gasteiger partial charge in [0.25, 0.3) is 0 Å². The van der Waals surface area contributed by atoms with Crippen molar-refractivity contribution < 1.29 is 18.0 Å². The van der Waals surface area contributed by atoms with E-state index in [1.807, 2.05) is 0 Å². The van der Waals surface area contributed by atoms with Gasteiger partial charge in [-0.2, -0.15) is 0 Å². The number of hydrogen-bond acceptors (Lipinski definition) is 6. The second kappa shape index (κ2) is 6.90. The van der Waals surface area contributed by atoms with Gasteiger partial charge in [0.15, 0.2) is 5.75 Å². The Kier molecular flexibility index (Phi) is 5.41. The van der Waals surface area contributed by atoms with E-state index in [1.165, 1.54) is 12.1 Å². The fraction of sp³-hybridized carbons (Fsp3) is 0.308. The van der Waals surface area contributed by atoms with Crippen molar-refractivity contribution in [3.8, 4) is 5.75 Å². The Bertz CT molecular complexity index is 735. The van der Waals surface area contributed by atoms with E-state index >= 15 is 0 Å². The van der Waals surface area contributed by atoms with Gasteiger partial charge in [-0.25, -0.2) is 4.79 Å². The molecule has 0 spiro atoms. The number of benzene rings is 1. The lowest BCUT2D eigenvalue weighted by molar-refractivity contribution is 0.218. The molecule has 2 aromatic rings. The average molecular weight is 349 g/mol. The van der Waals surface area contributed by atoms with Gasteiger partial charge in [-0.3, -0.25) is 9.05 Å². The minimum atomic E-state index is -2.93. The maximum Gasteiger partial charge on any atom is 0.380 e. The van der Waals surface area contributed by atoms with E-state index in [1.54, 1.807) is 26.0 Å². The van der Waals surface area contributed by atoms with Crippen molar-refractivity contribution in [1.29, 1.82) is 0 Å². The summed E-state index contributed by atoms with van der Waals surface area (Å²) in [4.78, 5) is 11.3. The first-order chi connectivity index (χ1) is 9.97. The molecule has 114 valence electrons. The molecule has 0 amide bonds. The molecule has 0 aliphatic carbocycles. The first-order valence-corrected chi connectivity index (χ1v) is 9.23. The van der Waals surface area contributed by atoms with Crippen LogP contribution in [-0.2, 0) is 20.9 Å². The van der Waals surface area contributed by atoms with Crippen molar-refractivity contribution in [1.82, 2.24) is 0 Å². The second-order valence-electron chi connectivity index (χ2n) is 3.95. The summed E-state index contributed by atoms with van der Waals surface area (Å²) in [7, 11) is 0. The molecule has 0 radical (unpaired) electrons. The Balaban J connectivity index is 2.43. The number of rotatable bonds is 6. The van der Waals surface area contributed by atoms with Crippen LogP contribution >= 0.6 is 18.3 Å². The van der Waals surface area contributed by atoms with Crippen LogP contribution in [0.5, 0.6) is 5.75 Å². The molecule has 0 N–H and O–H groups in total. The molecule has 1 aromatic heterocycles. The quantitative estimate of drug-likeness (QED) is 0.578. The van der Waals surface area contributed by atoms with Crippen LogP contribution in [0, 0.1) is 0 Å². The summed E-state index contributed by atoms with van der Waals surface area (Å²) in [6, 6.07) is 6.09. The van der Waals surface area contributed by atoms with E-state index in [0.29, 0.717) is 29.2 Å². The van der Waals surface area contributed by atoms with Gasteiger partial charge in [0, 0.05) is 29.3 Å². The highest BCUT2D eigenvalue weighted by Gasteiger charge is 2.23. The van der Waals surface area contributed by atoms with Crippen LogP contribution in [0.2, 0.25) is 5.02 Å². The highest BCUT2D eigenvalue weighted by atomic mass is 35.5. The van der Waals surface area contributed by atoms with E-state index in [9.17, 15) is 4.79 Å². The molecule has 1 heterocycles. The maximum absolute atomic E-state index is 11.3. The fourth-order valence-corrected chi connectivity index (χ4v) is 4.01. The lowest BCUT2D eigenvalue weighted by atomic mass is 10.2. The molecule has 2 rings (SSSR count). The molecule has 0 unspecified atom stereocenters. The third-order valence-electron chi connectivity index (χ3n) is 2.46. The van der Waals surface area contributed by atoms with E-state index in [2.05, 4.69) is 0 Å². The van der Waals surface area contributed by atoms with Gasteiger partial charge < -0.3 is 8.94 Å². The highest BCUT2D eigenvalue weighted by Crippen LogP contribution is 2.51. The molecule has 0 atom stereocenters. The number of halogens is 1. The summed E-state index contributed by atoms with van der Waals surface area (Å²) >= 11 is 11.4. The Morgan fingerprint density at radius 2 is 1.90 bits per heavy atom. The minimum Gasteiger partial charge on any atom is -0.423 e. The third kappa shape index (κ3) is 4.05. The van der Waals surface area contributed by atoms with E-state index in [4.69, 9.17) is 41.4 Å². The molecule has 0 saturated heterocycles. The molecule has 1 aromatic carbocycles. The first kappa shape index (κ1) is 16.5. The normalized spacial score (nSPS) is 11.8. The van der Waals surface area contributed by atoms with E-state index in [0.717, 1.165) is 0 Å². The van der Waals surface area contributed by atoms with Gasteiger partial charge in [0.05, 0.1) is 18.2 Å². The molecular formula is C13H14ClO5PS. The summed E-state index contributed by atoms with van der Waals surface area (Å²) < 4.78 is 21.5. The topological polar surface area (TPSA) is 57.9 Å². The van der Waals surface area contributed by atoms with Gasteiger partial charge >= 0.3 is 12.3 Å². The Morgan fingerprint density at radius 1 is 1.24 bits per heavy atom. The predicted molar refractivity (Wildman–Crippen MR) is 85.7 cm³/mol. The summed E-state index contributed by atoms with van der Waals surface area (Å²) in [5.41, 5.74) is -0.0960. The summed E-state index contributed by atoms with van der Waals surface area (Å²) in [5.74, 6) is 0.267. The van der Waals surface area contributed by atoms with Crippen LogP contribution in [0.1, 0.15) is 13.8 Å². The third-order valence-corrected chi connectivity index (χ3v) is 5.18. The van der Waals surface area contributed by atoms with E-state index < -0.39 is 12.3 Å². The summed E-state index contributed by atoms with van der Waals surface area (Å²) in [6.45, 7) is 1.38. The fourth-order valence-electron chi connectivity index (χ4n) is 1.67. The van der Waals surface area contributed by atoms with Gasteiger partial charge in [0.2, 0.25) is 0 Å². The standard InChI is InChI=1S/C13H14ClO5PS/c1-3-16-20(21,17-4-2)19-12-8-11-9(7-10(12)14)5-6-13(15)18-11/h5-8H,3-4H2,1-2H3.